The van der Waals surface area contributed by atoms with Crippen LogP contribution in [-0.4, -0.2) is 5.91 Å². The summed E-state index contributed by atoms with van der Waals surface area (Å²) >= 11 is 6.12. The van der Waals surface area contributed by atoms with E-state index >= 15 is 0 Å². The number of hydrogen-bond donors (Lipinski definition) is 2. The molecule has 2 aromatic rings. The summed E-state index contributed by atoms with van der Waals surface area (Å²) in [7, 11) is 0. The topological polar surface area (TPSA) is 55.1 Å². The van der Waals surface area contributed by atoms with Gasteiger partial charge in [0.05, 0.1) is 10.7 Å². The molecule has 1 unspecified atom stereocenters. The predicted molar refractivity (Wildman–Crippen MR) is 85.4 cm³/mol. The molecule has 0 saturated heterocycles. The number of nitrogens with two attached hydrogens (primary N) is 1. The lowest BCUT2D eigenvalue weighted by Crippen LogP contribution is -2.27. The average Bonchev–Trinajstić information content (AvgIpc) is 3.31. The highest BCUT2D eigenvalue weighted by molar-refractivity contribution is 6.33. The molecule has 0 radical (unpaired) electrons. The fourth-order valence-corrected chi connectivity index (χ4v) is 2.62. The summed E-state index contributed by atoms with van der Waals surface area (Å²) in [6.07, 6.45) is 2.52. The fourth-order valence-electron chi connectivity index (χ4n) is 2.43. The molecule has 0 aliphatic heterocycles. The first-order valence-corrected chi connectivity index (χ1v) is 7.43. The number of carbonyl (C=O) groups excluding carboxylic acids is 1. The minimum atomic E-state index is -0.585. The van der Waals surface area contributed by atoms with Gasteiger partial charge in [0.25, 0.3) is 0 Å². The van der Waals surface area contributed by atoms with Crippen molar-refractivity contribution in [1.29, 1.82) is 0 Å². The Balaban J connectivity index is 1.83. The van der Waals surface area contributed by atoms with Crippen molar-refractivity contribution in [2.75, 3.05) is 5.32 Å². The van der Waals surface area contributed by atoms with E-state index in [1.54, 1.807) is 6.07 Å². The van der Waals surface area contributed by atoms with Crippen LogP contribution < -0.4 is 11.1 Å². The lowest BCUT2D eigenvalue weighted by atomic mass is 10.0. The molecule has 0 aromatic heterocycles. The molecule has 1 aliphatic carbocycles. The molecule has 1 saturated carbocycles. The van der Waals surface area contributed by atoms with Gasteiger partial charge in [0.2, 0.25) is 5.91 Å². The number of primary amides is 1. The third-order valence-corrected chi connectivity index (χ3v) is 4.11. The Morgan fingerprint density at radius 1 is 1.14 bits per heavy atom. The first-order chi connectivity index (χ1) is 10.1. The molecule has 1 amide bonds. The first-order valence-electron chi connectivity index (χ1n) is 7.05. The lowest BCUT2D eigenvalue weighted by molar-refractivity contribution is -0.118. The van der Waals surface area contributed by atoms with Crippen molar-refractivity contribution < 1.29 is 4.79 Å². The van der Waals surface area contributed by atoms with E-state index in [9.17, 15) is 4.79 Å². The van der Waals surface area contributed by atoms with E-state index < -0.39 is 11.9 Å². The van der Waals surface area contributed by atoms with E-state index in [2.05, 4.69) is 17.4 Å². The number of amides is 1. The normalized spacial score (nSPS) is 15.5. The fraction of sp³-hybridized carbons (Fsp3) is 0.235. The van der Waals surface area contributed by atoms with Crippen LogP contribution in [0.1, 0.15) is 35.9 Å². The molecule has 1 aliphatic rings. The van der Waals surface area contributed by atoms with Gasteiger partial charge in [-0.3, -0.25) is 4.79 Å². The summed E-state index contributed by atoms with van der Waals surface area (Å²) in [4.78, 5) is 11.8. The highest BCUT2D eigenvalue weighted by Crippen LogP contribution is 2.40. The van der Waals surface area contributed by atoms with Crippen LogP contribution in [0.2, 0.25) is 5.02 Å². The smallest absolute Gasteiger partial charge is 0.244 e. The van der Waals surface area contributed by atoms with Gasteiger partial charge in [0.1, 0.15) is 6.04 Å². The van der Waals surface area contributed by atoms with Crippen LogP contribution in [-0.2, 0) is 4.79 Å². The van der Waals surface area contributed by atoms with Crippen LogP contribution in [0.5, 0.6) is 0 Å². The van der Waals surface area contributed by atoms with Crippen molar-refractivity contribution in [2.24, 2.45) is 5.73 Å². The second-order valence-corrected chi connectivity index (χ2v) is 5.81. The zero-order chi connectivity index (χ0) is 14.8. The van der Waals surface area contributed by atoms with Gasteiger partial charge in [-0.1, -0.05) is 48.0 Å². The van der Waals surface area contributed by atoms with Gasteiger partial charge < -0.3 is 11.1 Å². The summed E-state index contributed by atoms with van der Waals surface area (Å²) in [6, 6.07) is 14.8. The molecule has 0 bridgehead atoms. The molecule has 21 heavy (non-hydrogen) atoms. The SMILES string of the molecule is NC(=O)C(Nc1ccccc1Cl)c1ccc(C2CC2)cc1. The van der Waals surface area contributed by atoms with Crippen molar-refractivity contribution in [3.8, 4) is 0 Å². The maximum atomic E-state index is 11.8. The van der Waals surface area contributed by atoms with Gasteiger partial charge in [-0.15, -0.1) is 0 Å². The Morgan fingerprint density at radius 2 is 1.81 bits per heavy atom. The number of rotatable bonds is 5. The summed E-state index contributed by atoms with van der Waals surface area (Å²) in [5.41, 5.74) is 8.42. The van der Waals surface area contributed by atoms with Crippen LogP contribution >= 0.6 is 11.6 Å². The molecule has 3 N–H and O–H groups in total. The number of para-hydroxylation sites is 1. The molecular formula is C17H17ClN2O. The Bertz CT molecular complexity index is 650. The summed E-state index contributed by atoms with van der Waals surface area (Å²) in [5, 5.41) is 3.69. The molecule has 2 aromatic carbocycles. The van der Waals surface area contributed by atoms with Crippen LogP contribution in [0.25, 0.3) is 0 Å². The third-order valence-electron chi connectivity index (χ3n) is 3.78. The van der Waals surface area contributed by atoms with E-state index in [0.29, 0.717) is 16.6 Å². The quantitative estimate of drug-likeness (QED) is 0.881. The number of anilines is 1. The Morgan fingerprint density at radius 3 is 2.38 bits per heavy atom. The highest BCUT2D eigenvalue weighted by Gasteiger charge is 2.24. The molecule has 1 atom stereocenters. The van der Waals surface area contributed by atoms with Crippen LogP contribution in [0.3, 0.4) is 0 Å². The van der Waals surface area contributed by atoms with Gasteiger partial charge in [0, 0.05) is 0 Å². The monoisotopic (exact) mass is 300 g/mol. The summed E-state index contributed by atoms with van der Waals surface area (Å²) in [5.74, 6) is 0.275. The van der Waals surface area contributed by atoms with Gasteiger partial charge in [-0.25, -0.2) is 0 Å². The Kier molecular flexibility index (Phi) is 3.84. The van der Waals surface area contributed by atoms with Crippen molar-refractivity contribution >= 4 is 23.2 Å². The number of halogens is 1. The van der Waals surface area contributed by atoms with Crippen LogP contribution in [0.4, 0.5) is 5.69 Å². The minimum Gasteiger partial charge on any atom is -0.369 e. The number of carbonyl (C=O) groups is 1. The van der Waals surface area contributed by atoms with E-state index in [4.69, 9.17) is 17.3 Å². The maximum absolute atomic E-state index is 11.8. The zero-order valence-electron chi connectivity index (χ0n) is 11.6. The Hall–Kier alpha value is -2.00. The van der Waals surface area contributed by atoms with Crippen molar-refractivity contribution in [1.82, 2.24) is 0 Å². The molecular weight excluding hydrogens is 284 g/mol. The second kappa shape index (κ2) is 5.78. The number of benzene rings is 2. The standard InChI is InChI=1S/C17H17ClN2O/c18-14-3-1-2-4-15(14)20-16(17(19)21)13-9-7-12(8-10-13)11-5-6-11/h1-4,7-11,16,20H,5-6H2,(H2,19,21). The largest absolute Gasteiger partial charge is 0.369 e. The van der Waals surface area contributed by atoms with E-state index in [0.717, 1.165) is 5.56 Å². The molecule has 0 spiro atoms. The van der Waals surface area contributed by atoms with Gasteiger partial charge in [-0.05, 0) is 42.0 Å². The summed E-state index contributed by atoms with van der Waals surface area (Å²) in [6.45, 7) is 0. The van der Waals surface area contributed by atoms with E-state index in [1.807, 2.05) is 30.3 Å². The number of nitrogens with one attached hydrogen (secondary N) is 1. The van der Waals surface area contributed by atoms with Gasteiger partial charge in [0.15, 0.2) is 0 Å². The molecule has 3 nitrogen and oxygen atoms in total. The average molecular weight is 301 g/mol. The molecule has 1 fully saturated rings. The van der Waals surface area contributed by atoms with Crippen molar-refractivity contribution in [2.45, 2.75) is 24.8 Å². The third kappa shape index (κ3) is 3.19. The van der Waals surface area contributed by atoms with E-state index in [1.165, 1.54) is 18.4 Å². The van der Waals surface area contributed by atoms with E-state index in [-0.39, 0.29) is 0 Å². The molecule has 3 rings (SSSR count). The van der Waals surface area contributed by atoms with Gasteiger partial charge in [-0.2, -0.15) is 0 Å². The maximum Gasteiger partial charge on any atom is 0.244 e. The minimum absolute atomic E-state index is 0.422. The van der Waals surface area contributed by atoms with Crippen molar-refractivity contribution in [3.05, 3.63) is 64.7 Å². The molecule has 108 valence electrons. The first kappa shape index (κ1) is 14.0. The van der Waals surface area contributed by atoms with Crippen LogP contribution in [0.15, 0.2) is 48.5 Å². The van der Waals surface area contributed by atoms with Gasteiger partial charge >= 0.3 is 0 Å². The van der Waals surface area contributed by atoms with Crippen LogP contribution in [0, 0.1) is 0 Å². The molecule has 0 heterocycles. The highest BCUT2D eigenvalue weighted by atomic mass is 35.5. The summed E-state index contributed by atoms with van der Waals surface area (Å²) < 4.78 is 0. The lowest BCUT2D eigenvalue weighted by Gasteiger charge is -2.18. The number of hydrogen-bond acceptors (Lipinski definition) is 2. The van der Waals surface area contributed by atoms with Crippen molar-refractivity contribution in [3.63, 3.8) is 0 Å². The molecule has 4 heteroatoms. The zero-order valence-corrected chi connectivity index (χ0v) is 12.3. The second-order valence-electron chi connectivity index (χ2n) is 5.40. The predicted octanol–water partition coefficient (Wildman–Crippen LogP) is 3.86. The Labute approximate surface area is 129 Å².